The van der Waals surface area contributed by atoms with E-state index in [2.05, 4.69) is 6.92 Å². The van der Waals surface area contributed by atoms with Crippen molar-refractivity contribution in [3.05, 3.63) is 29.3 Å². The Bertz CT molecular complexity index is 388. The molecule has 0 bridgehead atoms. The predicted octanol–water partition coefficient (Wildman–Crippen LogP) is 2.96. The SMILES string of the molecule is CCCCN(CC)C(=O)c1cccc(C)c1O. The first-order valence-corrected chi connectivity index (χ1v) is 6.19. The molecule has 0 heterocycles. The summed E-state index contributed by atoms with van der Waals surface area (Å²) in [5.74, 6) is 0.0228. The van der Waals surface area contributed by atoms with Crippen LogP contribution in [-0.2, 0) is 0 Å². The van der Waals surface area contributed by atoms with Crippen molar-refractivity contribution in [2.24, 2.45) is 0 Å². The number of unbranched alkanes of at least 4 members (excludes halogenated alkanes) is 1. The molecule has 1 N–H and O–H groups in total. The van der Waals surface area contributed by atoms with E-state index in [0.29, 0.717) is 12.1 Å². The lowest BCUT2D eigenvalue weighted by Gasteiger charge is -2.21. The van der Waals surface area contributed by atoms with E-state index in [4.69, 9.17) is 0 Å². The normalized spacial score (nSPS) is 10.3. The van der Waals surface area contributed by atoms with Gasteiger partial charge in [-0.05, 0) is 31.9 Å². The molecule has 0 aliphatic carbocycles. The van der Waals surface area contributed by atoms with Gasteiger partial charge in [-0.25, -0.2) is 0 Å². The van der Waals surface area contributed by atoms with Gasteiger partial charge >= 0.3 is 0 Å². The third kappa shape index (κ3) is 3.22. The molecule has 1 aromatic carbocycles. The summed E-state index contributed by atoms with van der Waals surface area (Å²) in [6.07, 6.45) is 2.05. The average molecular weight is 235 g/mol. The molecule has 0 fully saturated rings. The van der Waals surface area contributed by atoms with Gasteiger partial charge in [0, 0.05) is 13.1 Å². The van der Waals surface area contributed by atoms with Crippen LogP contribution in [0.3, 0.4) is 0 Å². The number of aromatic hydroxyl groups is 1. The standard InChI is InChI=1S/C14H21NO2/c1-4-6-10-15(5-2)14(17)12-9-7-8-11(3)13(12)16/h7-9,16H,4-6,10H2,1-3H3. The predicted molar refractivity (Wildman–Crippen MR) is 69.3 cm³/mol. The summed E-state index contributed by atoms with van der Waals surface area (Å²) in [6.45, 7) is 7.28. The monoisotopic (exact) mass is 235 g/mol. The van der Waals surface area contributed by atoms with Crippen molar-refractivity contribution in [2.45, 2.75) is 33.6 Å². The first-order valence-electron chi connectivity index (χ1n) is 6.19. The fourth-order valence-corrected chi connectivity index (χ4v) is 1.75. The third-order valence-corrected chi connectivity index (χ3v) is 2.92. The van der Waals surface area contributed by atoms with Crippen molar-refractivity contribution < 1.29 is 9.90 Å². The highest BCUT2D eigenvalue weighted by Gasteiger charge is 2.17. The zero-order chi connectivity index (χ0) is 12.8. The molecule has 0 spiro atoms. The maximum absolute atomic E-state index is 12.2. The molecule has 0 unspecified atom stereocenters. The van der Waals surface area contributed by atoms with Gasteiger partial charge in [-0.15, -0.1) is 0 Å². The number of aryl methyl sites for hydroxylation is 1. The van der Waals surface area contributed by atoms with Crippen LogP contribution in [0.1, 0.15) is 42.6 Å². The number of rotatable bonds is 5. The highest BCUT2D eigenvalue weighted by Crippen LogP contribution is 2.22. The van der Waals surface area contributed by atoms with Crippen LogP contribution in [-0.4, -0.2) is 29.0 Å². The quantitative estimate of drug-likeness (QED) is 0.852. The first kappa shape index (κ1) is 13.6. The first-order chi connectivity index (χ1) is 8.11. The number of nitrogens with zero attached hydrogens (tertiary/aromatic N) is 1. The molecule has 0 aromatic heterocycles. The molecule has 17 heavy (non-hydrogen) atoms. The number of carbonyl (C=O) groups excluding carboxylic acids is 1. The van der Waals surface area contributed by atoms with E-state index in [9.17, 15) is 9.90 Å². The molecule has 0 saturated carbocycles. The number of amides is 1. The Morgan fingerprint density at radius 3 is 2.65 bits per heavy atom. The molecule has 94 valence electrons. The molecule has 3 nitrogen and oxygen atoms in total. The number of hydrogen-bond donors (Lipinski definition) is 1. The number of para-hydroxylation sites is 1. The zero-order valence-electron chi connectivity index (χ0n) is 10.9. The lowest BCUT2D eigenvalue weighted by molar-refractivity contribution is 0.0759. The van der Waals surface area contributed by atoms with Crippen LogP contribution in [0.5, 0.6) is 5.75 Å². The van der Waals surface area contributed by atoms with Crippen LogP contribution >= 0.6 is 0 Å². The molecule has 1 amide bonds. The summed E-state index contributed by atoms with van der Waals surface area (Å²) >= 11 is 0. The molecule has 0 aliphatic heterocycles. The van der Waals surface area contributed by atoms with Crippen molar-refractivity contribution in [3.63, 3.8) is 0 Å². The topological polar surface area (TPSA) is 40.5 Å². The summed E-state index contributed by atoms with van der Waals surface area (Å²) in [5.41, 5.74) is 1.14. The van der Waals surface area contributed by atoms with E-state index in [1.165, 1.54) is 0 Å². The van der Waals surface area contributed by atoms with Gasteiger partial charge in [0.2, 0.25) is 0 Å². The molecule has 0 aliphatic rings. The minimum Gasteiger partial charge on any atom is -0.507 e. The molecular formula is C14H21NO2. The summed E-state index contributed by atoms with van der Waals surface area (Å²) in [4.78, 5) is 14.0. The summed E-state index contributed by atoms with van der Waals surface area (Å²) in [7, 11) is 0. The van der Waals surface area contributed by atoms with Gasteiger partial charge in [-0.2, -0.15) is 0 Å². The number of carbonyl (C=O) groups is 1. The van der Waals surface area contributed by atoms with Crippen LogP contribution in [0.25, 0.3) is 0 Å². The van der Waals surface area contributed by atoms with E-state index in [1.54, 1.807) is 30.0 Å². The highest BCUT2D eigenvalue weighted by molar-refractivity contribution is 5.97. The van der Waals surface area contributed by atoms with Crippen LogP contribution in [0.2, 0.25) is 0 Å². The number of hydrogen-bond acceptors (Lipinski definition) is 2. The van der Waals surface area contributed by atoms with Gasteiger partial charge in [0.15, 0.2) is 0 Å². The Hall–Kier alpha value is -1.51. The average Bonchev–Trinajstić information content (AvgIpc) is 2.33. The van der Waals surface area contributed by atoms with Crippen molar-refractivity contribution in [1.29, 1.82) is 0 Å². The second kappa shape index (κ2) is 6.28. The second-order valence-electron chi connectivity index (χ2n) is 4.21. The number of phenolic OH excluding ortho intramolecular Hbond substituents is 1. The largest absolute Gasteiger partial charge is 0.507 e. The molecule has 1 rings (SSSR count). The fourth-order valence-electron chi connectivity index (χ4n) is 1.75. The van der Waals surface area contributed by atoms with Gasteiger partial charge < -0.3 is 10.0 Å². The van der Waals surface area contributed by atoms with Crippen LogP contribution < -0.4 is 0 Å². The van der Waals surface area contributed by atoms with E-state index >= 15 is 0 Å². The molecule has 1 aromatic rings. The van der Waals surface area contributed by atoms with Crippen LogP contribution in [0.15, 0.2) is 18.2 Å². The number of phenols is 1. The lowest BCUT2D eigenvalue weighted by Crippen LogP contribution is -2.31. The van der Waals surface area contributed by atoms with E-state index in [1.807, 2.05) is 6.92 Å². The smallest absolute Gasteiger partial charge is 0.257 e. The van der Waals surface area contributed by atoms with Crippen molar-refractivity contribution >= 4 is 5.91 Å². The van der Waals surface area contributed by atoms with Crippen LogP contribution in [0, 0.1) is 6.92 Å². The second-order valence-corrected chi connectivity index (χ2v) is 4.21. The van der Waals surface area contributed by atoms with E-state index in [0.717, 1.165) is 24.9 Å². The molecule has 3 heteroatoms. The molecule has 0 radical (unpaired) electrons. The fraction of sp³-hybridized carbons (Fsp3) is 0.500. The van der Waals surface area contributed by atoms with Crippen LogP contribution in [0.4, 0.5) is 0 Å². The highest BCUT2D eigenvalue weighted by atomic mass is 16.3. The van der Waals surface area contributed by atoms with Gasteiger partial charge in [-0.3, -0.25) is 4.79 Å². The number of benzene rings is 1. The summed E-state index contributed by atoms with van der Waals surface area (Å²) in [6, 6.07) is 5.28. The van der Waals surface area contributed by atoms with Crippen molar-refractivity contribution in [2.75, 3.05) is 13.1 Å². The van der Waals surface area contributed by atoms with Gasteiger partial charge in [0.25, 0.3) is 5.91 Å². The van der Waals surface area contributed by atoms with Gasteiger partial charge in [-0.1, -0.05) is 25.5 Å². The molecule has 0 saturated heterocycles. The molecule has 0 atom stereocenters. The Kier molecular flexibility index (Phi) is 5.01. The maximum Gasteiger partial charge on any atom is 0.257 e. The Morgan fingerprint density at radius 2 is 2.06 bits per heavy atom. The Labute approximate surface area is 103 Å². The van der Waals surface area contributed by atoms with E-state index < -0.39 is 0 Å². The van der Waals surface area contributed by atoms with Crippen molar-refractivity contribution in [3.8, 4) is 5.75 Å². The third-order valence-electron chi connectivity index (χ3n) is 2.92. The minimum absolute atomic E-state index is 0.0813. The Balaban J connectivity index is 2.90. The molecular weight excluding hydrogens is 214 g/mol. The zero-order valence-corrected chi connectivity index (χ0v) is 10.9. The maximum atomic E-state index is 12.2. The van der Waals surface area contributed by atoms with E-state index in [-0.39, 0.29) is 11.7 Å². The Morgan fingerprint density at radius 1 is 1.35 bits per heavy atom. The summed E-state index contributed by atoms with van der Waals surface area (Å²) in [5, 5.41) is 9.89. The van der Waals surface area contributed by atoms with Gasteiger partial charge in [0.1, 0.15) is 5.75 Å². The summed E-state index contributed by atoms with van der Waals surface area (Å²) < 4.78 is 0. The minimum atomic E-state index is -0.0813. The van der Waals surface area contributed by atoms with Crippen molar-refractivity contribution in [1.82, 2.24) is 4.90 Å². The lowest BCUT2D eigenvalue weighted by atomic mass is 10.1. The van der Waals surface area contributed by atoms with Gasteiger partial charge in [0.05, 0.1) is 5.56 Å².